The van der Waals surface area contributed by atoms with Gasteiger partial charge in [0, 0.05) is 9.75 Å². The Morgan fingerprint density at radius 2 is 2.07 bits per heavy atom. The molecular formula is C13H16S. The molecule has 0 aliphatic heterocycles. The van der Waals surface area contributed by atoms with Crippen LogP contribution in [0, 0.1) is 0 Å². The van der Waals surface area contributed by atoms with Crippen molar-refractivity contribution in [2.24, 2.45) is 0 Å². The van der Waals surface area contributed by atoms with Gasteiger partial charge in [-0.2, -0.15) is 0 Å². The molecule has 1 aliphatic carbocycles. The van der Waals surface area contributed by atoms with E-state index in [1.54, 1.807) is 10.4 Å². The van der Waals surface area contributed by atoms with Gasteiger partial charge in [0.05, 0.1) is 0 Å². The molecule has 0 atom stereocenters. The van der Waals surface area contributed by atoms with Crippen LogP contribution in [0.2, 0.25) is 0 Å². The molecule has 0 aromatic carbocycles. The van der Waals surface area contributed by atoms with Crippen LogP contribution in [0.15, 0.2) is 12.7 Å². The SMILES string of the molecule is C=Cc1sc2c(c1/C=C\C)CCCC2. The van der Waals surface area contributed by atoms with Crippen molar-refractivity contribution >= 4 is 23.5 Å². The van der Waals surface area contributed by atoms with Crippen LogP contribution < -0.4 is 0 Å². The molecule has 1 aromatic heterocycles. The summed E-state index contributed by atoms with van der Waals surface area (Å²) in [7, 11) is 0. The quantitative estimate of drug-likeness (QED) is 0.673. The third-order valence-electron chi connectivity index (χ3n) is 2.76. The minimum atomic E-state index is 1.26. The zero-order valence-electron chi connectivity index (χ0n) is 8.68. The van der Waals surface area contributed by atoms with Gasteiger partial charge < -0.3 is 0 Å². The molecule has 1 heterocycles. The Bertz CT molecular complexity index is 369. The van der Waals surface area contributed by atoms with E-state index in [1.165, 1.54) is 36.1 Å². The first-order chi connectivity index (χ1) is 6.86. The smallest absolute Gasteiger partial charge is 0.0342 e. The van der Waals surface area contributed by atoms with Crippen molar-refractivity contribution in [1.82, 2.24) is 0 Å². The molecule has 1 aromatic rings. The lowest BCUT2D eigenvalue weighted by atomic mass is 9.94. The molecule has 0 nitrogen and oxygen atoms in total. The molecule has 0 N–H and O–H groups in total. The molecule has 0 radical (unpaired) electrons. The second-order valence-corrected chi connectivity index (χ2v) is 4.83. The predicted octanol–water partition coefficient (Wildman–Crippen LogP) is 4.30. The summed E-state index contributed by atoms with van der Waals surface area (Å²) in [6.45, 7) is 5.98. The Kier molecular flexibility index (Phi) is 2.87. The van der Waals surface area contributed by atoms with E-state index in [1.807, 2.05) is 17.4 Å². The number of thiophene rings is 1. The van der Waals surface area contributed by atoms with Gasteiger partial charge in [0.1, 0.15) is 0 Å². The first-order valence-electron chi connectivity index (χ1n) is 5.26. The fourth-order valence-corrected chi connectivity index (χ4v) is 3.34. The summed E-state index contributed by atoms with van der Waals surface area (Å²) in [5.74, 6) is 0. The third-order valence-corrected chi connectivity index (χ3v) is 4.06. The summed E-state index contributed by atoms with van der Waals surface area (Å²) in [5, 5.41) is 0. The largest absolute Gasteiger partial charge is 0.140 e. The Morgan fingerprint density at radius 3 is 2.79 bits per heavy atom. The molecular weight excluding hydrogens is 188 g/mol. The van der Waals surface area contributed by atoms with Crippen molar-refractivity contribution in [3.8, 4) is 0 Å². The van der Waals surface area contributed by atoms with Gasteiger partial charge in [-0.05, 0) is 43.7 Å². The number of allylic oxidation sites excluding steroid dienone is 1. The van der Waals surface area contributed by atoms with E-state index in [4.69, 9.17) is 0 Å². The molecule has 0 spiro atoms. The minimum absolute atomic E-state index is 1.26. The van der Waals surface area contributed by atoms with Crippen molar-refractivity contribution in [2.45, 2.75) is 32.6 Å². The Hall–Kier alpha value is -0.820. The van der Waals surface area contributed by atoms with Crippen molar-refractivity contribution in [3.63, 3.8) is 0 Å². The van der Waals surface area contributed by atoms with E-state index in [0.29, 0.717) is 0 Å². The van der Waals surface area contributed by atoms with Gasteiger partial charge in [0.25, 0.3) is 0 Å². The van der Waals surface area contributed by atoms with Gasteiger partial charge in [0.2, 0.25) is 0 Å². The maximum Gasteiger partial charge on any atom is 0.0342 e. The van der Waals surface area contributed by atoms with Crippen LogP contribution in [-0.4, -0.2) is 0 Å². The summed E-state index contributed by atoms with van der Waals surface area (Å²) in [6.07, 6.45) is 11.6. The van der Waals surface area contributed by atoms with E-state index >= 15 is 0 Å². The maximum atomic E-state index is 3.89. The van der Waals surface area contributed by atoms with E-state index in [9.17, 15) is 0 Å². The summed E-state index contributed by atoms with van der Waals surface area (Å²) in [5.41, 5.74) is 3.02. The van der Waals surface area contributed by atoms with Crippen molar-refractivity contribution in [2.75, 3.05) is 0 Å². The highest BCUT2D eigenvalue weighted by Gasteiger charge is 2.17. The zero-order chi connectivity index (χ0) is 9.97. The Labute approximate surface area is 90.0 Å². The normalized spacial score (nSPS) is 15.8. The average molecular weight is 204 g/mol. The lowest BCUT2D eigenvalue weighted by Crippen LogP contribution is -1.99. The second-order valence-electron chi connectivity index (χ2n) is 3.69. The molecule has 1 aliphatic rings. The van der Waals surface area contributed by atoms with Crippen LogP contribution in [0.1, 0.15) is 40.6 Å². The summed E-state index contributed by atoms with van der Waals surface area (Å²) < 4.78 is 0. The van der Waals surface area contributed by atoms with E-state index in [0.717, 1.165) is 0 Å². The second kappa shape index (κ2) is 4.14. The van der Waals surface area contributed by atoms with Crippen LogP contribution in [0.25, 0.3) is 12.2 Å². The van der Waals surface area contributed by atoms with E-state index < -0.39 is 0 Å². The number of aryl methyl sites for hydroxylation is 1. The van der Waals surface area contributed by atoms with Gasteiger partial charge in [-0.25, -0.2) is 0 Å². The maximum absolute atomic E-state index is 3.89. The van der Waals surface area contributed by atoms with Crippen molar-refractivity contribution in [3.05, 3.63) is 33.5 Å². The van der Waals surface area contributed by atoms with E-state index in [2.05, 4.69) is 25.7 Å². The van der Waals surface area contributed by atoms with Crippen LogP contribution in [-0.2, 0) is 12.8 Å². The summed E-state index contributed by atoms with van der Waals surface area (Å²) in [6, 6.07) is 0. The summed E-state index contributed by atoms with van der Waals surface area (Å²) >= 11 is 1.93. The van der Waals surface area contributed by atoms with Gasteiger partial charge in [-0.15, -0.1) is 11.3 Å². The van der Waals surface area contributed by atoms with Crippen LogP contribution >= 0.6 is 11.3 Å². The fraction of sp³-hybridized carbons (Fsp3) is 0.385. The highest BCUT2D eigenvalue weighted by molar-refractivity contribution is 7.13. The first-order valence-corrected chi connectivity index (χ1v) is 6.08. The van der Waals surface area contributed by atoms with Gasteiger partial charge in [-0.1, -0.05) is 24.8 Å². The molecule has 0 saturated carbocycles. The number of hydrogen-bond acceptors (Lipinski definition) is 1. The van der Waals surface area contributed by atoms with Crippen LogP contribution in [0.5, 0.6) is 0 Å². The fourth-order valence-electron chi connectivity index (χ4n) is 2.11. The average Bonchev–Trinajstić information content (AvgIpc) is 2.58. The molecule has 1 heteroatoms. The highest BCUT2D eigenvalue weighted by Crippen LogP contribution is 2.35. The highest BCUT2D eigenvalue weighted by atomic mass is 32.1. The van der Waals surface area contributed by atoms with Gasteiger partial charge in [0.15, 0.2) is 0 Å². The van der Waals surface area contributed by atoms with Crippen LogP contribution in [0.3, 0.4) is 0 Å². The van der Waals surface area contributed by atoms with Crippen LogP contribution in [0.4, 0.5) is 0 Å². The van der Waals surface area contributed by atoms with E-state index in [-0.39, 0.29) is 0 Å². The monoisotopic (exact) mass is 204 g/mol. The molecule has 2 rings (SSSR count). The topological polar surface area (TPSA) is 0 Å². The molecule has 0 saturated heterocycles. The lowest BCUT2D eigenvalue weighted by Gasteiger charge is -2.11. The Morgan fingerprint density at radius 1 is 1.29 bits per heavy atom. The molecule has 74 valence electrons. The molecule has 0 fully saturated rings. The standard InChI is InChI=1S/C13H16S/c1-3-7-10-11-8-5-6-9-13(11)14-12(10)4-2/h3-4,7H,2,5-6,8-9H2,1H3/b7-3-. The Balaban J connectivity index is 2.52. The third kappa shape index (κ3) is 1.57. The number of rotatable bonds is 2. The van der Waals surface area contributed by atoms with Gasteiger partial charge in [-0.3, -0.25) is 0 Å². The van der Waals surface area contributed by atoms with Crippen molar-refractivity contribution < 1.29 is 0 Å². The summed E-state index contributed by atoms with van der Waals surface area (Å²) in [4.78, 5) is 2.95. The number of hydrogen-bond donors (Lipinski definition) is 0. The predicted molar refractivity (Wildman–Crippen MR) is 65.8 cm³/mol. The molecule has 0 unspecified atom stereocenters. The zero-order valence-corrected chi connectivity index (χ0v) is 9.49. The molecule has 0 bridgehead atoms. The molecule has 14 heavy (non-hydrogen) atoms. The van der Waals surface area contributed by atoms with Crippen molar-refractivity contribution in [1.29, 1.82) is 0 Å². The minimum Gasteiger partial charge on any atom is -0.140 e. The first kappa shape index (κ1) is 9.72. The number of fused-ring (bicyclic) bond motifs is 1. The molecule has 0 amide bonds. The lowest BCUT2D eigenvalue weighted by molar-refractivity contribution is 0.696. The van der Waals surface area contributed by atoms with Gasteiger partial charge >= 0.3 is 0 Å².